The van der Waals surface area contributed by atoms with Crippen LogP contribution in [0.4, 0.5) is 0 Å². The van der Waals surface area contributed by atoms with Gasteiger partial charge in [-0.2, -0.15) is 0 Å². The Morgan fingerprint density at radius 1 is 1.44 bits per heavy atom. The molecular weight excluding hydrogens is 248 g/mol. The first-order valence-electron chi connectivity index (χ1n) is 5.53. The molecule has 0 aliphatic heterocycles. The van der Waals surface area contributed by atoms with E-state index in [0.29, 0.717) is 10.9 Å². The van der Waals surface area contributed by atoms with Gasteiger partial charge in [-0.05, 0) is 37.4 Å². The molecule has 2 aromatic rings. The fourth-order valence-electron chi connectivity index (χ4n) is 1.48. The smallest absolute Gasteiger partial charge is 0.251 e. The molecule has 0 aliphatic rings. The van der Waals surface area contributed by atoms with Crippen molar-refractivity contribution >= 4 is 11.8 Å². The molecule has 5 nitrogen and oxygen atoms in total. The molecule has 0 fully saturated rings. The lowest BCUT2D eigenvalue weighted by atomic mass is 10.3. The quantitative estimate of drug-likeness (QED) is 0.814. The van der Waals surface area contributed by atoms with Gasteiger partial charge >= 0.3 is 0 Å². The van der Waals surface area contributed by atoms with Gasteiger partial charge in [-0.1, -0.05) is 6.07 Å². The minimum absolute atomic E-state index is 0.142. The van der Waals surface area contributed by atoms with Crippen molar-refractivity contribution in [2.45, 2.75) is 23.7 Å². The molecule has 2 N–H and O–H groups in total. The standard InChI is InChI=1S/C12H14N4OS/c1-8-5-10(17)16-12(15-8)18-11-4-3-9(6-13-2)7-14-11/h3-5,7,13H,6H2,1-2H3,(H,15,16,17). The maximum Gasteiger partial charge on any atom is 0.251 e. The van der Waals surface area contributed by atoms with Crippen LogP contribution in [-0.4, -0.2) is 22.0 Å². The maximum absolute atomic E-state index is 11.3. The van der Waals surface area contributed by atoms with Crippen molar-refractivity contribution in [3.05, 3.63) is 46.0 Å². The molecule has 0 aliphatic carbocycles. The van der Waals surface area contributed by atoms with Gasteiger partial charge in [0.05, 0.1) is 0 Å². The van der Waals surface area contributed by atoms with E-state index in [0.717, 1.165) is 17.1 Å². The SMILES string of the molecule is CNCc1ccc(Sc2nc(C)cc(=O)[nH]2)nc1. The van der Waals surface area contributed by atoms with Crippen molar-refractivity contribution in [1.82, 2.24) is 20.3 Å². The van der Waals surface area contributed by atoms with Gasteiger partial charge in [0.1, 0.15) is 5.03 Å². The summed E-state index contributed by atoms with van der Waals surface area (Å²) in [6.07, 6.45) is 1.81. The van der Waals surface area contributed by atoms with Crippen LogP contribution in [0.2, 0.25) is 0 Å². The summed E-state index contributed by atoms with van der Waals surface area (Å²) in [6, 6.07) is 5.38. The first kappa shape index (κ1) is 12.8. The van der Waals surface area contributed by atoms with Crippen molar-refractivity contribution < 1.29 is 0 Å². The molecule has 6 heteroatoms. The van der Waals surface area contributed by atoms with E-state index in [1.165, 1.54) is 17.8 Å². The highest BCUT2D eigenvalue weighted by atomic mass is 32.2. The Morgan fingerprint density at radius 3 is 2.89 bits per heavy atom. The number of hydrogen-bond acceptors (Lipinski definition) is 5. The van der Waals surface area contributed by atoms with Crippen LogP contribution in [0.15, 0.2) is 39.4 Å². The first-order chi connectivity index (χ1) is 8.67. The van der Waals surface area contributed by atoms with Crippen molar-refractivity contribution in [2.75, 3.05) is 7.05 Å². The zero-order chi connectivity index (χ0) is 13.0. The van der Waals surface area contributed by atoms with E-state index in [1.54, 1.807) is 6.92 Å². The van der Waals surface area contributed by atoms with Crippen LogP contribution in [0.1, 0.15) is 11.3 Å². The molecule has 0 spiro atoms. The zero-order valence-electron chi connectivity index (χ0n) is 10.2. The number of rotatable bonds is 4. The Labute approximate surface area is 109 Å². The molecule has 0 atom stereocenters. The number of aromatic nitrogens is 3. The lowest BCUT2D eigenvalue weighted by molar-refractivity contribution is 0.809. The summed E-state index contributed by atoms with van der Waals surface area (Å²) < 4.78 is 0. The van der Waals surface area contributed by atoms with Crippen molar-refractivity contribution in [3.8, 4) is 0 Å². The van der Waals surface area contributed by atoms with Crippen LogP contribution in [0.3, 0.4) is 0 Å². The van der Waals surface area contributed by atoms with Crippen LogP contribution in [0.25, 0.3) is 0 Å². The summed E-state index contributed by atoms with van der Waals surface area (Å²) in [4.78, 5) is 22.5. The largest absolute Gasteiger partial charge is 0.316 e. The second kappa shape index (κ2) is 5.79. The Balaban J connectivity index is 2.15. The van der Waals surface area contributed by atoms with E-state index in [4.69, 9.17) is 0 Å². The van der Waals surface area contributed by atoms with Gasteiger partial charge in [0, 0.05) is 24.5 Å². The molecule has 0 amide bonds. The number of nitrogens with zero attached hydrogens (tertiary/aromatic N) is 2. The Bertz CT molecular complexity index is 579. The second-order valence-electron chi connectivity index (χ2n) is 3.83. The van der Waals surface area contributed by atoms with Gasteiger partial charge in [0.25, 0.3) is 5.56 Å². The van der Waals surface area contributed by atoms with Crippen LogP contribution in [-0.2, 0) is 6.54 Å². The Hall–Kier alpha value is -1.66. The number of H-pyrrole nitrogens is 1. The Kier molecular flexibility index (Phi) is 4.11. The summed E-state index contributed by atoms with van der Waals surface area (Å²) in [7, 11) is 1.89. The average Bonchev–Trinajstić information content (AvgIpc) is 2.31. The average molecular weight is 262 g/mol. The maximum atomic E-state index is 11.3. The Morgan fingerprint density at radius 2 is 2.28 bits per heavy atom. The fraction of sp³-hybridized carbons (Fsp3) is 0.250. The highest BCUT2D eigenvalue weighted by Gasteiger charge is 2.02. The highest BCUT2D eigenvalue weighted by Crippen LogP contribution is 2.21. The molecule has 2 rings (SSSR count). The highest BCUT2D eigenvalue weighted by molar-refractivity contribution is 7.99. The molecule has 94 valence electrons. The van der Waals surface area contributed by atoms with Gasteiger partial charge in [-0.3, -0.25) is 4.79 Å². The van der Waals surface area contributed by atoms with Crippen molar-refractivity contribution in [3.63, 3.8) is 0 Å². The van der Waals surface area contributed by atoms with E-state index in [2.05, 4.69) is 20.3 Å². The predicted octanol–water partition coefficient (Wildman–Crippen LogP) is 1.34. The fourth-order valence-corrected chi connectivity index (χ4v) is 2.26. The molecule has 0 aromatic carbocycles. The normalized spacial score (nSPS) is 10.6. The molecule has 0 saturated carbocycles. The third kappa shape index (κ3) is 3.41. The summed E-state index contributed by atoms with van der Waals surface area (Å²) in [5, 5.41) is 4.43. The molecule has 0 bridgehead atoms. The summed E-state index contributed by atoms with van der Waals surface area (Å²) in [5.41, 5.74) is 1.68. The topological polar surface area (TPSA) is 70.7 Å². The number of pyridine rings is 1. The first-order valence-corrected chi connectivity index (χ1v) is 6.34. The number of nitrogens with one attached hydrogen (secondary N) is 2. The molecule has 2 aromatic heterocycles. The van der Waals surface area contributed by atoms with E-state index < -0.39 is 0 Å². The minimum Gasteiger partial charge on any atom is -0.316 e. The van der Waals surface area contributed by atoms with Crippen LogP contribution >= 0.6 is 11.8 Å². The monoisotopic (exact) mass is 262 g/mol. The van der Waals surface area contributed by atoms with Crippen molar-refractivity contribution in [1.29, 1.82) is 0 Å². The summed E-state index contributed by atoms with van der Waals surface area (Å²) >= 11 is 1.34. The zero-order valence-corrected chi connectivity index (χ0v) is 11.0. The molecule has 2 heterocycles. The molecule has 0 saturated heterocycles. The van der Waals surface area contributed by atoms with E-state index in [1.807, 2.05) is 25.4 Å². The van der Waals surface area contributed by atoms with Crippen LogP contribution < -0.4 is 10.9 Å². The van der Waals surface area contributed by atoms with E-state index in [-0.39, 0.29) is 5.56 Å². The molecule has 0 unspecified atom stereocenters. The summed E-state index contributed by atoms with van der Waals surface area (Å²) in [5.74, 6) is 0. The van der Waals surface area contributed by atoms with Crippen LogP contribution in [0.5, 0.6) is 0 Å². The number of aromatic amines is 1. The third-order valence-corrected chi connectivity index (χ3v) is 3.07. The lowest BCUT2D eigenvalue weighted by Crippen LogP contribution is -2.08. The molecule has 18 heavy (non-hydrogen) atoms. The van der Waals surface area contributed by atoms with Gasteiger partial charge in [-0.25, -0.2) is 9.97 Å². The van der Waals surface area contributed by atoms with Gasteiger partial charge < -0.3 is 10.3 Å². The predicted molar refractivity (Wildman–Crippen MR) is 70.7 cm³/mol. The van der Waals surface area contributed by atoms with Crippen molar-refractivity contribution in [2.24, 2.45) is 0 Å². The molecule has 0 radical (unpaired) electrons. The van der Waals surface area contributed by atoms with Gasteiger partial charge in [0.15, 0.2) is 5.16 Å². The third-order valence-electron chi connectivity index (χ3n) is 2.23. The van der Waals surface area contributed by atoms with E-state index in [9.17, 15) is 4.79 Å². The van der Waals surface area contributed by atoms with Gasteiger partial charge in [-0.15, -0.1) is 0 Å². The number of aryl methyl sites for hydroxylation is 1. The lowest BCUT2D eigenvalue weighted by Gasteiger charge is -2.02. The number of hydrogen-bond donors (Lipinski definition) is 2. The minimum atomic E-state index is -0.142. The second-order valence-corrected chi connectivity index (χ2v) is 4.84. The van der Waals surface area contributed by atoms with Crippen LogP contribution in [0, 0.1) is 6.92 Å². The van der Waals surface area contributed by atoms with E-state index >= 15 is 0 Å². The molecular formula is C12H14N4OS. The van der Waals surface area contributed by atoms with Gasteiger partial charge in [0.2, 0.25) is 0 Å². The summed E-state index contributed by atoms with van der Waals surface area (Å²) in [6.45, 7) is 2.58.